The zero-order valence-electron chi connectivity index (χ0n) is 7.06. The lowest BCUT2D eigenvalue weighted by atomic mass is 10.0. The van der Waals surface area contributed by atoms with E-state index in [9.17, 15) is 4.39 Å². The summed E-state index contributed by atoms with van der Waals surface area (Å²) in [6.45, 7) is 2.52. The Labute approximate surface area is 71.2 Å². The zero-order chi connectivity index (χ0) is 8.55. The Balaban J connectivity index is 2.49. The predicted octanol–water partition coefficient (Wildman–Crippen LogP) is 2.46. The summed E-state index contributed by atoms with van der Waals surface area (Å²) >= 11 is 0. The number of halogens is 1. The van der Waals surface area contributed by atoms with Crippen LogP contribution in [0.5, 0.6) is 5.75 Å². The van der Waals surface area contributed by atoms with E-state index in [1.165, 1.54) is 0 Å². The Morgan fingerprint density at radius 3 is 3.08 bits per heavy atom. The van der Waals surface area contributed by atoms with Crippen LogP contribution in [0.25, 0.3) is 0 Å². The summed E-state index contributed by atoms with van der Waals surface area (Å²) in [6.07, 6.45) is 1.93. The third-order valence-electron chi connectivity index (χ3n) is 2.19. The molecule has 0 bridgehead atoms. The van der Waals surface area contributed by atoms with E-state index >= 15 is 0 Å². The first-order chi connectivity index (χ1) is 5.77. The molecule has 0 saturated carbocycles. The maximum Gasteiger partial charge on any atom is 0.126 e. The molecule has 0 unspecified atom stereocenters. The quantitative estimate of drug-likeness (QED) is 0.575. The van der Waals surface area contributed by atoms with Crippen LogP contribution < -0.4 is 4.74 Å². The van der Waals surface area contributed by atoms with Crippen molar-refractivity contribution in [1.82, 2.24) is 0 Å². The molecule has 0 saturated heterocycles. The number of hydrogen-bond donors (Lipinski definition) is 0. The van der Waals surface area contributed by atoms with Crippen molar-refractivity contribution in [1.29, 1.82) is 0 Å². The number of fused-ring (bicyclic) bond motifs is 1. The van der Waals surface area contributed by atoms with Gasteiger partial charge in [-0.1, -0.05) is 0 Å². The fraction of sp³-hybridized carbons (Fsp3) is 0.400. The van der Waals surface area contributed by atoms with Gasteiger partial charge in [0.05, 0.1) is 6.61 Å². The average molecular weight is 166 g/mol. The van der Waals surface area contributed by atoms with Gasteiger partial charge in [-0.25, -0.2) is 4.39 Å². The summed E-state index contributed by atoms with van der Waals surface area (Å²) in [5.41, 5.74) is 1.67. The van der Waals surface area contributed by atoms with E-state index in [2.05, 4.69) is 0 Å². The van der Waals surface area contributed by atoms with Crippen molar-refractivity contribution in [3.63, 3.8) is 0 Å². The zero-order valence-corrected chi connectivity index (χ0v) is 7.06. The van der Waals surface area contributed by atoms with E-state index < -0.39 is 0 Å². The Hall–Kier alpha value is -1.05. The second-order valence-electron chi connectivity index (χ2n) is 3.16. The van der Waals surface area contributed by atoms with Gasteiger partial charge in [-0.3, -0.25) is 0 Å². The molecule has 2 rings (SSSR count). The highest BCUT2D eigenvalue weighted by molar-refractivity contribution is 5.39. The van der Waals surface area contributed by atoms with Gasteiger partial charge in [0.25, 0.3) is 0 Å². The summed E-state index contributed by atoms with van der Waals surface area (Å²) in [4.78, 5) is 0. The molecular weight excluding hydrogens is 155 g/mol. The fourth-order valence-corrected chi connectivity index (χ4v) is 1.47. The van der Waals surface area contributed by atoms with Gasteiger partial charge in [-0.15, -0.1) is 0 Å². The second-order valence-corrected chi connectivity index (χ2v) is 3.16. The summed E-state index contributed by atoms with van der Waals surface area (Å²) in [5, 5.41) is 0. The molecule has 64 valence electrons. The molecule has 0 radical (unpaired) electrons. The van der Waals surface area contributed by atoms with Crippen molar-refractivity contribution in [3.8, 4) is 5.75 Å². The van der Waals surface area contributed by atoms with Crippen molar-refractivity contribution in [2.45, 2.75) is 19.8 Å². The van der Waals surface area contributed by atoms with E-state index in [1.807, 2.05) is 0 Å². The van der Waals surface area contributed by atoms with Crippen LogP contribution >= 0.6 is 0 Å². The van der Waals surface area contributed by atoms with Crippen molar-refractivity contribution in [2.75, 3.05) is 6.61 Å². The molecule has 0 fully saturated rings. The topological polar surface area (TPSA) is 9.23 Å². The lowest BCUT2D eigenvalue weighted by molar-refractivity contribution is 0.287. The molecule has 1 aliphatic rings. The standard InChI is InChI=1S/C10H11FO/c1-7-5-10-8(6-9(7)11)3-2-4-12-10/h5-6H,2-4H2,1H3. The van der Waals surface area contributed by atoms with Crippen molar-refractivity contribution >= 4 is 0 Å². The molecule has 1 heterocycles. The molecule has 0 amide bonds. The van der Waals surface area contributed by atoms with Crippen LogP contribution in [0.1, 0.15) is 17.5 Å². The number of benzene rings is 1. The summed E-state index contributed by atoms with van der Waals surface area (Å²) in [5.74, 6) is 0.736. The monoisotopic (exact) mass is 166 g/mol. The molecule has 0 atom stereocenters. The summed E-state index contributed by atoms with van der Waals surface area (Å²) in [7, 11) is 0. The molecule has 2 heteroatoms. The number of rotatable bonds is 0. The third kappa shape index (κ3) is 1.17. The van der Waals surface area contributed by atoms with Gasteiger partial charge in [0.2, 0.25) is 0 Å². The Bertz CT molecular complexity index is 276. The van der Waals surface area contributed by atoms with Crippen molar-refractivity contribution < 1.29 is 9.13 Å². The molecule has 0 N–H and O–H groups in total. The first-order valence-corrected chi connectivity index (χ1v) is 4.19. The highest BCUT2D eigenvalue weighted by Gasteiger charge is 2.12. The lowest BCUT2D eigenvalue weighted by Crippen LogP contribution is -2.08. The maximum atomic E-state index is 13.1. The van der Waals surface area contributed by atoms with E-state index in [1.54, 1.807) is 19.1 Å². The van der Waals surface area contributed by atoms with Crippen LogP contribution in [0.2, 0.25) is 0 Å². The van der Waals surface area contributed by atoms with E-state index in [0.717, 1.165) is 30.8 Å². The van der Waals surface area contributed by atoms with Gasteiger partial charge >= 0.3 is 0 Å². The van der Waals surface area contributed by atoms with Gasteiger partial charge in [0, 0.05) is 0 Å². The first kappa shape index (κ1) is 7.59. The fourth-order valence-electron chi connectivity index (χ4n) is 1.47. The Kier molecular flexibility index (Phi) is 1.75. The molecule has 1 nitrogen and oxygen atoms in total. The second kappa shape index (κ2) is 2.77. The molecule has 0 aromatic heterocycles. The molecule has 0 aliphatic carbocycles. The molecular formula is C10H11FO. The highest BCUT2D eigenvalue weighted by Crippen LogP contribution is 2.27. The van der Waals surface area contributed by atoms with Gasteiger partial charge < -0.3 is 4.74 Å². The minimum Gasteiger partial charge on any atom is -0.493 e. The number of ether oxygens (including phenoxy) is 1. The SMILES string of the molecule is Cc1cc2c(cc1F)CCCO2. The largest absolute Gasteiger partial charge is 0.493 e. The van der Waals surface area contributed by atoms with Crippen molar-refractivity contribution in [3.05, 3.63) is 29.1 Å². The molecule has 0 spiro atoms. The van der Waals surface area contributed by atoms with Gasteiger partial charge in [0.15, 0.2) is 0 Å². The van der Waals surface area contributed by atoms with Crippen molar-refractivity contribution in [2.24, 2.45) is 0 Å². The maximum absolute atomic E-state index is 13.1. The van der Waals surface area contributed by atoms with Crippen LogP contribution in [0, 0.1) is 12.7 Å². The predicted molar refractivity (Wildman–Crippen MR) is 45.0 cm³/mol. The van der Waals surface area contributed by atoms with Gasteiger partial charge in [0.1, 0.15) is 11.6 Å². The van der Waals surface area contributed by atoms with Crippen LogP contribution in [-0.2, 0) is 6.42 Å². The summed E-state index contributed by atoms with van der Waals surface area (Å²) in [6, 6.07) is 3.37. The van der Waals surface area contributed by atoms with E-state index in [0.29, 0.717) is 5.56 Å². The Morgan fingerprint density at radius 2 is 2.25 bits per heavy atom. The van der Waals surface area contributed by atoms with Crippen LogP contribution in [0.4, 0.5) is 4.39 Å². The number of aryl methyl sites for hydroxylation is 2. The van der Waals surface area contributed by atoms with Gasteiger partial charge in [-0.05, 0) is 43.0 Å². The van der Waals surface area contributed by atoms with Crippen LogP contribution in [0.3, 0.4) is 0 Å². The van der Waals surface area contributed by atoms with E-state index in [-0.39, 0.29) is 5.82 Å². The Morgan fingerprint density at radius 1 is 1.42 bits per heavy atom. The summed E-state index contributed by atoms with van der Waals surface area (Å²) < 4.78 is 18.4. The number of hydrogen-bond acceptors (Lipinski definition) is 1. The van der Waals surface area contributed by atoms with Crippen LogP contribution in [-0.4, -0.2) is 6.61 Å². The molecule has 1 aliphatic heterocycles. The molecule has 12 heavy (non-hydrogen) atoms. The average Bonchev–Trinajstić information content (AvgIpc) is 2.07. The minimum absolute atomic E-state index is 0.126. The normalized spacial score (nSPS) is 15.2. The lowest BCUT2D eigenvalue weighted by Gasteiger charge is -2.17. The third-order valence-corrected chi connectivity index (χ3v) is 2.19. The molecule has 1 aromatic rings. The smallest absolute Gasteiger partial charge is 0.126 e. The van der Waals surface area contributed by atoms with Gasteiger partial charge in [-0.2, -0.15) is 0 Å². The minimum atomic E-state index is -0.126. The molecule has 1 aromatic carbocycles. The van der Waals surface area contributed by atoms with E-state index in [4.69, 9.17) is 4.74 Å². The van der Waals surface area contributed by atoms with Crippen LogP contribution in [0.15, 0.2) is 12.1 Å². The highest BCUT2D eigenvalue weighted by atomic mass is 19.1. The first-order valence-electron chi connectivity index (χ1n) is 4.19.